The maximum atomic E-state index is 2.44. The van der Waals surface area contributed by atoms with Crippen LogP contribution in [0, 0.1) is 17.8 Å². The topological polar surface area (TPSA) is 0 Å². The van der Waals surface area contributed by atoms with Gasteiger partial charge in [-0.25, -0.2) is 0 Å². The highest BCUT2D eigenvalue weighted by atomic mass is 14.1. The van der Waals surface area contributed by atoms with E-state index in [0.717, 1.165) is 17.8 Å². The Morgan fingerprint density at radius 2 is 1.24 bits per heavy atom. The summed E-state index contributed by atoms with van der Waals surface area (Å²) in [6.45, 7) is 11.9. The molecule has 0 bridgehead atoms. The van der Waals surface area contributed by atoms with Gasteiger partial charge in [0.05, 0.1) is 0 Å². The van der Waals surface area contributed by atoms with Gasteiger partial charge >= 0.3 is 0 Å². The molecule has 0 fully saturated rings. The smallest absolute Gasteiger partial charge is 0.0440 e. The van der Waals surface area contributed by atoms with Gasteiger partial charge in [-0.05, 0) is 24.2 Å². The molecule has 0 saturated carbocycles. The third-order valence-corrected chi connectivity index (χ3v) is 4.20. The highest BCUT2D eigenvalue weighted by Crippen LogP contribution is 2.22. The number of hydrogen-bond donors (Lipinski definition) is 0. The predicted octanol–water partition coefficient (Wildman–Crippen LogP) is 6.45. The average Bonchev–Trinajstić information content (AvgIpc) is 2.29. The standard InChI is InChI=1S/C17H36/c1-6-8-9-11-16(4)12-10-13-17(5)14-15(3)7-2/h15-17H,6-14H2,1-5H3. The second-order valence-electron chi connectivity index (χ2n) is 6.39. The molecule has 0 heterocycles. The van der Waals surface area contributed by atoms with Gasteiger partial charge in [-0.15, -0.1) is 0 Å². The van der Waals surface area contributed by atoms with Gasteiger partial charge in [0.2, 0.25) is 0 Å². The van der Waals surface area contributed by atoms with Crippen LogP contribution in [0.5, 0.6) is 0 Å². The van der Waals surface area contributed by atoms with Crippen molar-refractivity contribution in [3.63, 3.8) is 0 Å². The molecule has 0 heteroatoms. The lowest BCUT2D eigenvalue weighted by Gasteiger charge is -2.17. The van der Waals surface area contributed by atoms with Crippen LogP contribution in [0.1, 0.15) is 92.4 Å². The molecular weight excluding hydrogens is 204 g/mol. The van der Waals surface area contributed by atoms with E-state index in [1.54, 1.807) is 0 Å². The molecule has 0 aliphatic heterocycles. The molecule has 0 nitrogen and oxygen atoms in total. The second kappa shape index (κ2) is 11.1. The molecule has 0 aliphatic carbocycles. The minimum atomic E-state index is 0.923. The van der Waals surface area contributed by atoms with Crippen molar-refractivity contribution in [2.45, 2.75) is 92.4 Å². The van der Waals surface area contributed by atoms with Gasteiger partial charge in [-0.3, -0.25) is 0 Å². The Hall–Kier alpha value is 0. The van der Waals surface area contributed by atoms with E-state index in [1.165, 1.54) is 57.8 Å². The summed E-state index contributed by atoms with van der Waals surface area (Å²) in [5.74, 6) is 2.82. The van der Waals surface area contributed by atoms with E-state index in [1.807, 2.05) is 0 Å². The lowest BCUT2D eigenvalue weighted by atomic mass is 9.89. The van der Waals surface area contributed by atoms with Gasteiger partial charge in [-0.2, -0.15) is 0 Å². The molecule has 0 aromatic rings. The van der Waals surface area contributed by atoms with Crippen molar-refractivity contribution < 1.29 is 0 Å². The Balaban J connectivity index is 3.41. The molecule has 0 saturated heterocycles. The quantitative estimate of drug-likeness (QED) is 0.364. The number of rotatable bonds is 11. The summed E-state index contributed by atoms with van der Waals surface area (Å²) in [4.78, 5) is 0. The van der Waals surface area contributed by atoms with Crippen molar-refractivity contribution in [2.24, 2.45) is 17.8 Å². The lowest BCUT2D eigenvalue weighted by molar-refractivity contribution is 0.357. The van der Waals surface area contributed by atoms with Crippen LogP contribution in [-0.4, -0.2) is 0 Å². The summed E-state index contributed by atoms with van der Waals surface area (Å²) in [6.07, 6.45) is 12.8. The van der Waals surface area contributed by atoms with Crippen LogP contribution in [0.2, 0.25) is 0 Å². The van der Waals surface area contributed by atoms with Crippen LogP contribution >= 0.6 is 0 Å². The van der Waals surface area contributed by atoms with Crippen LogP contribution in [0.3, 0.4) is 0 Å². The van der Waals surface area contributed by atoms with Crippen molar-refractivity contribution in [3.8, 4) is 0 Å². The van der Waals surface area contributed by atoms with Gasteiger partial charge in [0.15, 0.2) is 0 Å². The molecule has 0 aromatic carbocycles. The molecule has 3 atom stereocenters. The van der Waals surface area contributed by atoms with Gasteiger partial charge in [-0.1, -0.05) is 86.0 Å². The van der Waals surface area contributed by atoms with Crippen molar-refractivity contribution in [2.75, 3.05) is 0 Å². The Morgan fingerprint density at radius 3 is 1.82 bits per heavy atom. The van der Waals surface area contributed by atoms with E-state index in [2.05, 4.69) is 34.6 Å². The molecular formula is C17H36. The summed E-state index contributed by atoms with van der Waals surface area (Å²) in [5.41, 5.74) is 0. The first kappa shape index (κ1) is 17.0. The highest BCUT2D eigenvalue weighted by Gasteiger charge is 2.08. The molecule has 3 unspecified atom stereocenters. The molecule has 0 N–H and O–H groups in total. The van der Waals surface area contributed by atoms with E-state index < -0.39 is 0 Å². The first-order chi connectivity index (χ1) is 8.10. The fraction of sp³-hybridized carbons (Fsp3) is 1.00. The van der Waals surface area contributed by atoms with Crippen LogP contribution in [0.25, 0.3) is 0 Å². The SMILES string of the molecule is CCCCCC(C)CCCC(C)CC(C)CC. The van der Waals surface area contributed by atoms with Crippen molar-refractivity contribution in [1.29, 1.82) is 0 Å². The zero-order valence-corrected chi connectivity index (χ0v) is 13.1. The fourth-order valence-corrected chi connectivity index (χ4v) is 2.67. The molecule has 0 rings (SSSR count). The van der Waals surface area contributed by atoms with Crippen LogP contribution in [0.15, 0.2) is 0 Å². The zero-order chi connectivity index (χ0) is 13.1. The molecule has 104 valence electrons. The maximum absolute atomic E-state index is 2.44. The Labute approximate surface area is 111 Å². The highest BCUT2D eigenvalue weighted by molar-refractivity contribution is 4.61. The van der Waals surface area contributed by atoms with Crippen molar-refractivity contribution >= 4 is 0 Å². The van der Waals surface area contributed by atoms with Crippen LogP contribution in [-0.2, 0) is 0 Å². The van der Waals surface area contributed by atoms with E-state index in [-0.39, 0.29) is 0 Å². The first-order valence-electron chi connectivity index (χ1n) is 8.10. The van der Waals surface area contributed by atoms with Gasteiger partial charge in [0.25, 0.3) is 0 Å². The van der Waals surface area contributed by atoms with Crippen LogP contribution < -0.4 is 0 Å². The maximum Gasteiger partial charge on any atom is -0.0440 e. The predicted molar refractivity (Wildman–Crippen MR) is 80.4 cm³/mol. The zero-order valence-electron chi connectivity index (χ0n) is 13.1. The van der Waals surface area contributed by atoms with Gasteiger partial charge < -0.3 is 0 Å². The minimum Gasteiger partial charge on any atom is -0.0654 e. The second-order valence-corrected chi connectivity index (χ2v) is 6.39. The first-order valence-corrected chi connectivity index (χ1v) is 8.10. The van der Waals surface area contributed by atoms with E-state index in [4.69, 9.17) is 0 Å². The Bertz CT molecular complexity index is 150. The summed E-state index contributed by atoms with van der Waals surface area (Å²) < 4.78 is 0. The fourth-order valence-electron chi connectivity index (χ4n) is 2.67. The largest absolute Gasteiger partial charge is 0.0654 e. The van der Waals surface area contributed by atoms with Gasteiger partial charge in [0, 0.05) is 0 Å². The summed E-state index contributed by atoms with van der Waals surface area (Å²) in [6, 6.07) is 0. The third-order valence-electron chi connectivity index (χ3n) is 4.20. The Kier molecular flexibility index (Phi) is 11.1. The molecule has 0 aromatic heterocycles. The minimum absolute atomic E-state index is 0.923. The molecule has 0 radical (unpaired) electrons. The summed E-state index contributed by atoms with van der Waals surface area (Å²) in [7, 11) is 0. The third kappa shape index (κ3) is 10.9. The van der Waals surface area contributed by atoms with Gasteiger partial charge in [0.1, 0.15) is 0 Å². The number of unbranched alkanes of at least 4 members (excludes halogenated alkanes) is 2. The van der Waals surface area contributed by atoms with E-state index >= 15 is 0 Å². The monoisotopic (exact) mass is 240 g/mol. The summed E-state index contributed by atoms with van der Waals surface area (Å²) >= 11 is 0. The van der Waals surface area contributed by atoms with E-state index in [9.17, 15) is 0 Å². The average molecular weight is 240 g/mol. The van der Waals surface area contributed by atoms with Crippen molar-refractivity contribution in [3.05, 3.63) is 0 Å². The number of hydrogen-bond acceptors (Lipinski definition) is 0. The molecule has 0 spiro atoms. The van der Waals surface area contributed by atoms with E-state index in [0.29, 0.717) is 0 Å². The Morgan fingerprint density at radius 1 is 0.647 bits per heavy atom. The normalized spacial score (nSPS) is 16.8. The van der Waals surface area contributed by atoms with Crippen molar-refractivity contribution in [1.82, 2.24) is 0 Å². The summed E-state index contributed by atoms with van der Waals surface area (Å²) in [5, 5.41) is 0. The molecule has 0 aliphatic rings. The molecule has 0 amide bonds. The lowest BCUT2D eigenvalue weighted by Crippen LogP contribution is -2.03. The van der Waals surface area contributed by atoms with Crippen LogP contribution in [0.4, 0.5) is 0 Å². The molecule has 17 heavy (non-hydrogen) atoms.